The van der Waals surface area contributed by atoms with Gasteiger partial charge in [-0.15, -0.1) is 0 Å². The fourth-order valence-electron chi connectivity index (χ4n) is 1.98. The van der Waals surface area contributed by atoms with E-state index in [0.717, 1.165) is 25.6 Å². The normalized spacial score (nSPS) is 14.2. The van der Waals surface area contributed by atoms with Crippen molar-refractivity contribution in [3.63, 3.8) is 0 Å². The molecule has 2 N–H and O–H groups in total. The maximum atomic E-state index is 11.7. The number of nitrogens with zero attached hydrogens (tertiary/aromatic N) is 1. The standard InChI is InChI=1S/C14H27N3O2/c1-3-17(4-2)14(19)6-5-9-16-13(18)11-15-10-12-7-8-12/h12,15H,3-11H2,1-2H3,(H,16,18). The van der Waals surface area contributed by atoms with Crippen molar-refractivity contribution in [2.75, 3.05) is 32.7 Å². The number of carbonyl (C=O) groups is 2. The Morgan fingerprint density at radius 2 is 1.89 bits per heavy atom. The molecule has 1 fully saturated rings. The molecule has 0 spiro atoms. The van der Waals surface area contributed by atoms with Gasteiger partial charge in [0.25, 0.3) is 0 Å². The molecule has 0 heterocycles. The van der Waals surface area contributed by atoms with Gasteiger partial charge in [0.2, 0.25) is 11.8 Å². The number of amides is 2. The smallest absolute Gasteiger partial charge is 0.233 e. The van der Waals surface area contributed by atoms with Crippen LogP contribution in [0.3, 0.4) is 0 Å². The van der Waals surface area contributed by atoms with Gasteiger partial charge in [-0.2, -0.15) is 0 Å². The second-order valence-electron chi connectivity index (χ2n) is 5.09. The average molecular weight is 269 g/mol. The summed E-state index contributed by atoms with van der Waals surface area (Å²) in [5, 5.41) is 5.98. The first-order valence-corrected chi connectivity index (χ1v) is 7.42. The zero-order valence-electron chi connectivity index (χ0n) is 12.2. The predicted octanol–water partition coefficient (Wildman–Crippen LogP) is 0.751. The number of hydrogen-bond acceptors (Lipinski definition) is 3. The van der Waals surface area contributed by atoms with Crippen molar-refractivity contribution in [2.24, 2.45) is 5.92 Å². The highest BCUT2D eigenvalue weighted by molar-refractivity contribution is 5.78. The van der Waals surface area contributed by atoms with Crippen molar-refractivity contribution in [3.05, 3.63) is 0 Å². The molecule has 0 aliphatic heterocycles. The van der Waals surface area contributed by atoms with Gasteiger partial charge < -0.3 is 15.5 Å². The van der Waals surface area contributed by atoms with Crippen molar-refractivity contribution in [1.82, 2.24) is 15.5 Å². The minimum absolute atomic E-state index is 0.0240. The quantitative estimate of drug-likeness (QED) is 0.575. The number of hydrogen-bond donors (Lipinski definition) is 2. The topological polar surface area (TPSA) is 61.4 Å². The van der Waals surface area contributed by atoms with E-state index in [4.69, 9.17) is 0 Å². The van der Waals surface area contributed by atoms with E-state index in [2.05, 4.69) is 10.6 Å². The van der Waals surface area contributed by atoms with Crippen LogP contribution in [-0.2, 0) is 9.59 Å². The van der Waals surface area contributed by atoms with E-state index in [0.29, 0.717) is 25.9 Å². The molecule has 5 nitrogen and oxygen atoms in total. The zero-order valence-corrected chi connectivity index (χ0v) is 12.2. The van der Waals surface area contributed by atoms with Gasteiger partial charge >= 0.3 is 0 Å². The zero-order chi connectivity index (χ0) is 14.1. The van der Waals surface area contributed by atoms with Crippen LogP contribution in [0.25, 0.3) is 0 Å². The summed E-state index contributed by atoms with van der Waals surface area (Å²) >= 11 is 0. The van der Waals surface area contributed by atoms with Crippen molar-refractivity contribution in [1.29, 1.82) is 0 Å². The molecular weight excluding hydrogens is 242 g/mol. The molecule has 0 aromatic rings. The lowest BCUT2D eigenvalue weighted by molar-refractivity contribution is -0.131. The van der Waals surface area contributed by atoms with Gasteiger partial charge in [-0.05, 0) is 45.6 Å². The van der Waals surface area contributed by atoms with E-state index in [1.54, 1.807) is 0 Å². The second-order valence-corrected chi connectivity index (χ2v) is 5.09. The van der Waals surface area contributed by atoms with Crippen LogP contribution >= 0.6 is 0 Å². The van der Waals surface area contributed by atoms with Gasteiger partial charge in [0, 0.05) is 26.1 Å². The highest BCUT2D eigenvalue weighted by Gasteiger charge is 2.20. The molecule has 0 unspecified atom stereocenters. The fourth-order valence-corrected chi connectivity index (χ4v) is 1.98. The molecule has 0 radical (unpaired) electrons. The summed E-state index contributed by atoms with van der Waals surface area (Å²) in [5.74, 6) is 0.988. The number of carbonyl (C=O) groups excluding carboxylic acids is 2. The molecule has 1 rings (SSSR count). The van der Waals surface area contributed by atoms with Gasteiger partial charge in [-0.3, -0.25) is 9.59 Å². The highest BCUT2D eigenvalue weighted by atomic mass is 16.2. The summed E-state index contributed by atoms with van der Waals surface area (Å²) in [4.78, 5) is 25.0. The van der Waals surface area contributed by atoms with Crippen LogP contribution in [0.15, 0.2) is 0 Å². The Morgan fingerprint density at radius 3 is 2.47 bits per heavy atom. The van der Waals surface area contributed by atoms with Gasteiger partial charge in [-0.1, -0.05) is 0 Å². The minimum atomic E-state index is 0.0240. The van der Waals surface area contributed by atoms with Crippen molar-refractivity contribution >= 4 is 11.8 Å². The van der Waals surface area contributed by atoms with Crippen LogP contribution in [0.5, 0.6) is 0 Å². The third kappa shape index (κ3) is 7.15. The lowest BCUT2D eigenvalue weighted by atomic mass is 10.2. The van der Waals surface area contributed by atoms with Gasteiger partial charge in [-0.25, -0.2) is 0 Å². The summed E-state index contributed by atoms with van der Waals surface area (Å²) in [6.07, 6.45) is 3.81. The van der Waals surface area contributed by atoms with Crippen molar-refractivity contribution in [2.45, 2.75) is 39.5 Å². The third-order valence-corrected chi connectivity index (χ3v) is 3.42. The van der Waals surface area contributed by atoms with E-state index >= 15 is 0 Å². The largest absolute Gasteiger partial charge is 0.355 e. The Labute approximate surface area is 116 Å². The first kappa shape index (κ1) is 16.0. The first-order chi connectivity index (χ1) is 9.17. The highest BCUT2D eigenvalue weighted by Crippen LogP contribution is 2.27. The molecule has 0 aromatic carbocycles. The predicted molar refractivity (Wildman–Crippen MR) is 75.8 cm³/mol. The molecule has 5 heteroatoms. The molecule has 0 aromatic heterocycles. The number of nitrogens with one attached hydrogen (secondary N) is 2. The molecular formula is C14H27N3O2. The lowest BCUT2D eigenvalue weighted by Crippen LogP contribution is -2.36. The van der Waals surface area contributed by atoms with Crippen LogP contribution in [0.4, 0.5) is 0 Å². The van der Waals surface area contributed by atoms with E-state index in [1.165, 1.54) is 12.8 Å². The van der Waals surface area contributed by atoms with E-state index in [9.17, 15) is 9.59 Å². The molecule has 0 bridgehead atoms. The summed E-state index contributed by atoms with van der Waals surface area (Å²) < 4.78 is 0. The first-order valence-electron chi connectivity index (χ1n) is 7.42. The van der Waals surface area contributed by atoms with E-state index in [1.807, 2.05) is 18.7 Å². The Balaban J connectivity index is 1.96. The Hall–Kier alpha value is -1.10. The maximum Gasteiger partial charge on any atom is 0.233 e. The SMILES string of the molecule is CCN(CC)C(=O)CCCNC(=O)CNCC1CC1. The average Bonchev–Trinajstić information content (AvgIpc) is 3.20. The Morgan fingerprint density at radius 1 is 1.21 bits per heavy atom. The molecule has 1 aliphatic rings. The maximum absolute atomic E-state index is 11.7. The minimum Gasteiger partial charge on any atom is -0.355 e. The molecule has 2 amide bonds. The molecule has 110 valence electrons. The number of rotatable bonds is 10. The van der Waals surface area contributed by atoms with Gasteiger partial charge in [0.1, 0.15) is 0 Å². The van der Waals surface area contributed by atoms with Crippen LogP contribution in [0, 0.1) is 5.92 Å². The molecule has 19 heavy (non-hydrogen) atoms. The van der Waals surface area contributed by atoms with Gasteiger partial charge in [0.05, 0.1) is 6.54 Å². The second kappa shape index (κ2) is 8.91. The van der Waals surface area contributed by atoms with Crippen molar-refractivity contribution in [3.8, 4) is 0 Å². The fraction of sp³-hybridized carbons (Fsp3) is 0.857. The molecule has 1 saturated carbocycles. The summed E-state index contributed by atoms with van der Waals surface area (Å²) in [6, 6.07) is 0. The van der Waals surface area contributed by atoms with Crippen LogP contribution in [-0.4, -0.2) is 49.4 Å². The Bertz CT molecular complexity index is 286. The Kier molecular flexibility index (Phi) is 7.48. The third-order valence-electron chi connectivity index (χ3n) is 3.42. The van der Waals surface area contributed by atoms with Crippen molar-refractivity contribution < 1.29 is 9.59 Å². The monoisotopic (exact) mass is 269 g/mol. The van der Waals surface area contributed by atoms with Gasteiger partial charge in [0.15, 0.2) is 0 Å². The molecule has 1 aliphatic carbocycles. The van der Waals surface area contributed by atoms with E-state index < -0.39 is 0 Å². The molecule has 0 saturated heterocycles. The van der Waals surface area contributed by atoms with Crippen LogP contribution in [0.1, 0.15) is 39.5 Å². The summed E-state index contributed by atoms with van der Waals surface area (Å²) in [7, 11) is 0. The molecule has 0 atom stereocenters. The van der Waals surface area contributed by atoms with Crippen LogP contribution < -0.4 is 10.6 Å². The summed E-state index contributed by atoms with van der Waals surface area (Å²) in [6.45, 7) is 7.40. The van der Waals surface area contributed by atoms with Crippen LogP contribution in [0.2, 0.25) is 0 Å². The van der Waals surface area contributed by atoms with E-state index in [-0.39, 0.29) is 11.8 Å². The lowest BCUT2D eigenvalue weighted by Gasteiger charge is -2.18. The summed E-state index contributed by atoms with van der Waals surface area (Å²) in [5.41, 5.74) is 0.